The number of esters is 1. The number of allylic oxidation sites excluding steroid dienone is 9. The van der Waals surface area contributed by atoms with E-state index in [4.69, 9.17) is 24.3 Å². The van der Waals surface area contributed by atoms with E-state index in [0.29, 0.717) is 12.8 Å². The molecule has 10 heteroatoms. The highest BCUT2D eigenvalue weighted by molar-refractivity contribution is 7.47. The van der Waals surface area contributed by atoms with Crippen molar-refractivity contribution in [2.45, 2.75) is 154 Å². The molecule has 0 radical (unpaired) electrons. The minimum Gasteiger partial charge on any atom is -0.498 e. The zero-order valence-corrected chi connectivity index (χ0v) is 32.8. The number of hydrogen-bond acceptors (Lipinski definition) is 8. The van der Waals surface area contributed by atoms with Gasteiger partial charge in [-0.25, -0.2) is 4.57 Å². The molecule has 0 aliphatic carbocycles. The third kappa shape index (κ3) is 37.3. The third-order valence-electron chi connectivity index (χ3n) is 7.78. The van der Waals surface area contributed by atoms with Crippen LogP contribution < -0.4 is 5.73 Å². The van der Waals surface area contributed by atoms with E-state index in [-0.39, 0.29) is 32.8 Å². The van der Waals surface area contributed by atoms with Crippen LogP contribution in [0.1, 0.15) is 142 Å². The smallest absolute Gasteiger partial charge is 0.472 e. The molecule has 0 aromatic rings. The molecule has 0 saturated carbocycles. The van der Waals surface area contributed by atoms with Gasteiger partial charge in [0, 0.05) is 13.0 Å². The average Bonchev–Trinajstić information content (AvgIpc) is 3.11. The van der Waals surface area contributed by atoms with Crippen LogP contribution in [0.3, 0.4) is 0 Å². The van der Waals surface area contributed by atoms with Crippen molar-refractivity contribution in [2.75, 3.05) is 26.4 Å². The zero-order valence-electron chi connectivity index (χ0n) is 31.9. The van der Waals surface area contributed by atoms with Gasteiger partial charge in [-0.05, 0) is 57.4 Å². The SMILES string of the molecule is CC/C=C\C(O)C/C=C/C=C\C/C=C\C/C=C\CCCC(=O)O[C@H](CO/C=C/CCCCCCCCCCCCCC)COP(=O)(O)OCCN. The molecule has 0 aliphatic heterocycles. The summed E-state index contributed by atoms with van der Waals surface area (Å²) in [5.41, 5.74) is 5.34. The molecular weight excluding hydrogens is 665 g/mol. The van der Waals surface area contributed by atoms with Gasteiger partial charge in [-0.3, -0.25) is 13.8 Å². The second-order valence-electron chi connectivity index (χ2n) is 12.7. The number of rotatable bonds is 36. The van der Waals surface area contributed by atoms with Crippen LogP contribution in [0.4, 0.5) is 0 Å². The molecule has 2 unspecified atom stereocenters. The predicted octanol–water partition coefficient (Wildman–Crippen LogP) is 10.5. The molecule has 0 saturated heterocycles. The van der Waals surface area contributed by atoms with Gasteiger partial charge in [0.25, 0.3) is 0 Å². The van der Waals surface area contributed by atoms with E-state index < -0.39 is 26.0 Å². The molecule has 0 bridgehead atoms. The van der Waals surface area contributed by atoms with Crippen LogP contribution in [-0.4, -0.2) is 54.5 Å². The normalized spacial score (nSPS) is 14.9. The maximum absolute atomic E-state index is 12.5. The number of nitrogens with two attached hydrogens (primary N) is 1. The average molecular weight is 738 g/mol. The summed E-state index contributed by atoms with van der Waals surface area (Å²) in [6.45, 7) is 3.90. The van der Waals surface area contributed by atoms with Gasteiger partial charge in [0.2, 0.25) is 0 Å². The lowest BCUT2D eigenvalue weighted by molar-refractivity contribution is -0.153. The second-order valence-corrected chi connectivity index (χ2v) is 14.1. The van der Waals surface area contributed by atoms with Crippen LogP contribution in [0.2, 0.25) is 0 Å². The van der Waals surface area contributed by atoms with Crippen LogP contribution in [0.5, 0.6) is 0 Å². The number of carbonyl (C=O) groups is 1. The minimum absolute atomic E-state index is 0.00490. The number of carbonyl (C=O) groups excluding carboxylic acids is 1. The van der Waals surface area contributed by atoms with Crippen LogP contribution >= 0.6 is 7.82 Å². The fourth-order valence-corrected chi connectivity index (χ4v) is 5.66. The fraction of sp³-hybridized carbons (Fsp3) is 0.683. The highest BCUT2D eigenvalue weighted by atomic mass is 31.2. The van der Waals surface area contributed by atoms with E-state index in [2.05, 4.69) is 31.2 Å². The van der Waals surface area contributed by atoms with Crippen molar-refractivity contribution in [3.8, 4) is 0 Å². The second kappa shape index (κ2) is 37.5. The fourth-order valence-electron chi connectivity index (χ4n) is 4.90. The van der Waals surface area contributed by atoms with Crippen molar-refractivity contribution in [3.05, 3.63) is 73.1 Å². The first-order valence-corrected chi connectivity index (χ1v) is 21.1. The van der Waals surface area contributed by atoms with Crippen LogP contribution in [0, 0.1) is 0 Å². The Morgan fingerprint density at radius 2 is 1.33 bits per heavy atom. The number of unbranched alkanes of at least 4 members (excludes halogenated alkanes) is 13. The largest absolute Gasteiger partial charge is 0.498 e. The summed E-state index contributed by atoms with van der Waals surface area (Å²) < 4.78 is 33.0. The van der Waals surface area contributed by atoms with Crippen molar-refractivity contribution in [3.63, 3.8) is 0 Å². The van der Waals surface area contributed by atoms with Crippen LogP contribution in [-0.2, 0) is 27.9 Å². The van der Waals surface area contributed by atoms with Crippen molar-refractivity contribution in [2.24, 2.45) is 5.73 Å². The number of phosphoric acid groups is 1. The van der Waals surface area contributed by atoms with Gasteiger partial charge < -0.3 is 25.2 Å². The topological polar surface area (TPSA) is 138 Å². The molecule has 0 rings (SSSR count). The van der Waals surface area contributed by atoms with E-state index in [1.54, 1.807) is 6.26 Å². The van der Waals surface area contributed by atoms with Crippen molar-refractivity contribution < 1.29 is 37.9 Å². The van der Waals surface area contributed by atoms with Crippen molar-refractivity contribution >= 4 is 13.8 Å². The van der Waals surface area contributed by atoms with E-state index in [1.807, 2.05) is 49.5 Å². The summed E-state index contributed by atoms with van der Waals surface area (Å²) in [5.74, 6) is -0.426. The maximum atomic E-state index is 12.5. The standard InChI is InChI=1S/C41H72NO8P/c1-3-5-7-8-9-10-11-12-15-18-21-24-27-30-35-47-37-40(38-49-51(45,46)48-36-34-42)50-41(44)33-29-26-23-20-17-14-13-16-19-22-25-28-32-39(43)31-6-4-2/h6,13-14,19-20,22-23,25,28,30-31,35,39-40,43H,3-5,7-12,15-18,21,24,26-27,29,32-34,36-38,42H2,1-2H3,(H,45,46)/b14-13-,22-19-,23-20-,28-25+,31-6-,35-30+/t39?,40-/m1/s1. The summed E-state index contributed by atoms with van der Waals surface area (Å²) in [6.07, 6.45) is 43.6. The highest BCUT2D eigenvalue weighted by Crippen LogP contribution is 2.43. The summed E-state index contributed by atoms with van der Waals surface area (Å²) in [7, 11) is -4.32. The molecule has 0 heterocycles. The molecule has 0 aliphatic rings. The molecule has 0 aromatic carbocycles. The number of ether oxygens (including phenoxy) is 2. The Hall–Kier alpha value is -2.26. The van der Waals surface area contributed by atoms with E-state index in [0.717, 1.165) is 38.5 Å². The first-order chi connectivity index (χ1) is 24.8. The number of hydrogen-bond donors (Lipinski definition) is 3. The monoisotopic (exact) mass is 737 g/mol. The zero-order chi connectivity index (χ0) is 37.5. The lowest BCUT2D eigenvalue weighted by Gasteiger charge is -2.19. The molecule has 3 atom stereocenters. The van der Waals surface area contributed by atoms with Gasteiger partial charge in [-0.15, -0.1) is 0 Å². The van der Waals surface area contributed by atoms with Gasteiger partial charge in [-0.2, -0.15) is 0 Å². The lowest BCUT2D eigenvalue weighted by Crippen LogP contribution is -2.27. The van der Waals surface area contributed by atoms with Gasteiger partial charge in [0.05, 0.1) is 25.6 Å². The number of phosphoric ester groups is 1. The van der Waals surface area contributed by atoms with E-state index in [1.165, 1.54) is 70.6 Å². The highest BCUT2D eigenvalue weighted by Gasteiger charge is 2.25. The molecule has 4 N–H and O–H groups in total. The van der Waals surface area contributed by atoms with Crippen molar-refractivity contribution in [1.82, 2.24) is 0 Å². The summed E-state index contributed by atoms with van der Waals surface area (Å²) in [6, 6.07) is 0. The first-order valence-electron chi connectivity index (χ1n) is 19.6. The first kappa shape index (κ1) is 48.7. The Bertz CT molecular complexity index is 1020. The summed E-state index contributed by atoms with van der Waals surface area (Å²) in [4.78, 5) is 22.4. The predicted molar refractivity (Wildman–Crippen MR) is 211 cm³/mol. The molecule has 0 fully saturated rings. The maximum Gasteiger partial charge on any atom is 0.472 e. The molecule has 51 heavy (non-hydrogen) atoms. The summed E-state index contributed by atoms with van der Waals surface area (Å²) in [5, 5.41) is 9.75. The lowest BCUT2D eigenvalue weighted by atomic mass is 10.0. The number of aliphatic hydroxyl groups is 1. The van der Waals surface area contributed by atoms with Gasteiger partial charge in [0.1, 0.15) is 6.61 Å². The van der Waals surface area contributed by atoms with Gasteiger partial charge in [0.15, 0.2) is 6.10 Å². The molecule has 0 aromatic heterocycles. The Kier molecular flexibility index (Phi) is 35.8. The molecule has 0 amide bonds. The van der Waals surface area contributed by atoms with Crippen LogP contribution in [0.25, 0.3) is 0 Å². The Labute approximate surface area is 310 Å². The van der Waals surface area contributed by atoms with Gasteiger partial charge >= 0.3 is 13.8 Å². The van der Waals surface area contributed by atoms with Gasteiger partial charge in [-0.1, -0.05) is 145 Å². The quantitative estimate of drug-likeness (QED) is 0.0143. The Morgan fingerprint density at radius 3 is 2.00 bits per heavy atom. The molecule has 9 nitrogen and oxygen atoms in total. The Morgan fingerprint density at radius 1 is 0.725 bits per heavy atom. The third-order valence-corrected chi connectivity index (χ3v) is 8.76. The summed E-state index contributed by atoms with van der Waals surface area (Å²) >= 11 is 0. The molecular formula is C41H72NO8P. The van der Waals surface area contributed by atoms with Crippen molar-refractivity contribution in [1.29, 1.82) is 0 Å². The molecule has 0 spiro atoms. The Balaban J connectivity index is 4.30. The van der Waals surface area contributed by atoms with E-state index >= 15 is 0 Å². The van der Waals surface area contributed by atoms with E-state index in [9.17, 15) is 19.4 Å². The molecule has 294 valence electrons. The minimum atomic E-state index is -4.32. The van der Waals surface area contributed by atoms with Crippen LogP contribution in [0.15, 0.2) is 73.1 Å². The number of aliphatic hydroxyl groups excluding tert-OH is 1.